The molecule has 18 heavy (non-hydrogen) atoms. The summed E-state index contributed by atoms with van der Waals surface area (Å²) < 4.78 is 0. The van der Waals surface area contributed by atoms with Crippen molar-refractivity contribution in [1.29, 1.82) is 0 Å². The van der Waals surface area contributed by atoms with Gasteiger partial charge in [-0.05, 0) is 18.8 Å². The van der Waals surface area contributed by atoms with Gasteiger partial charge in [-0.3, -0.25) is 9.89 Å². The van der Waals surface area contributed by atoms with Crippen LogP contribution in [0.25, 0.3) is 0 Å². The second-order valence-corrected chi connectivity index (χ2v) is 4.88. The monoisotopic (exact) mass is 254 g/mol. The van der Waals surface area contributed by atoms with Gasteiger partial charge in [0.05, 0.1) is 0 Å². The van der Waals surface area contributed by atoms with Crippen molar-refractivity contribution in [2.24, 2.45) is 5.92 Å². The molecular formula is C12H22N4O2. The van der Waals surface area contributed by atoms with Crippen LogP contribution in [0.2, 0.25) is 0 Å². The molecule has 0 aliphatic heterocycles. The minimum atomic E-state index is -0.255. The molecule has 1 atom stereocenters. The molecule has 0 fully saturated rings. The Labute approximate surface area is 107 Å². The molecular weight excluding hydrogens is 232 g/mol. The largest absolute Gasteiger partial charge is 0.396 e. The molecule has 6 heteroatoms. The molecule has 1 rings (SSSR count). The zero-order valence-corrected chi connectivity index (χ0v) is 11.2. The van der Waals surface area contributed by atoms with Crippen molar-refractivity contribution in [3.63, 3.8) is 0 Å². The summed E-state index contributed by atoms with van der Waals surface area (Å²) in [5.41, 5.74) is 0. The van der Waals surface area contributed by atoms with Crippen LogP contribution >= 0.6 is 0 Å². The predicted molar refractivity (Wildman–Crippen MR) is 68.3 cm³/mol. The maximum atomic E-state index is 11.7. The number of H-pyrrole nitrogens is 1. The quantitative estimate of drug-likeness (QED) is 0.635. The lowest BCUT2D eigenvalue weighted by atomic mass is 10.1. The third-order valence-corrected chi connectivity index (χ3v) is 2.72. The van der Waals surface area contributed by atoms with E-state index in [9.17, 15) is 4.79 Å². The molecule has 1 amide bonds. The highest BCUT2D eigenvalue weighted by Crippen LogP contribution is 2.07. The van der Waals surface area contributed by atoms with Gasteiger partial charge in [0.2, 0.25) is 5.82 Å². The molecule has 3 N–H and O–H groups in total. The van der Waals surface area contributed by atoms with Crippen LogP contribution in [0.1, 0.15) is 56.0 Å². The smallest absolute Gasteiger partial charge is 0.290 e. The van der Waals surface area contributed by atoms with Crippen molar-refractivity contribution >= 4 is 5.91 Å². The molecule has 0 bridgehead atoms. The number of carbonyl (C=O) groups is 1. The van der Waals surface area contributed by atoms with Gasteiger partial charge >= 0.3 is 0 Å². The minimum absolute atomic E-state index is 0.187. The summed E-state index contributed by atoms with van der Waals surface area (Å²) in [5.74, 6) is 1.15. The van der Waals surface area contributed by atoms with Crippen molar-refractivity contribution in [1.82, 2.24) is 20.5 Å². The molecule has 0 radical (unpaired) electrons. The Bertz CT molecular complexity index is 376. The number of nitrogens with zero attached hydrogens (tertiary/aromatic N) is 2. The maximum Gasteiger partial charge on any atom is 0.290 e. The number of hydrogen-bond acceptors (Lipinski definition) is 4. The minimum Gasteiger partial charge on any atom is -0.396 e. The van der Waals surface area contributed by atoms with Gasteiger partial charge in [0, 0.05) is 19.1 Å². The van der Waals surface area contributed by atoms with Gasteiger partial charge in [-0.25, -0.2) is 4.98 Å². The molecule has 0 saturated carbocycles. The van der Waals surface area contributed by atoms with Gasteiger partial charge < -0.3 is 10.4 Å². The van der Waals surface area contributed by atoms with E-state index in [1.165, 1.54) is 0 Å². The Morgan fingerprint density at radius 1 is 1.44 bits per heavy atom. The fraction of sp³-hybridized carbons (Fsp3) is 0.750. The lowest BCUT2D eigenvalue weighted by Gasteiger charge is -2.07. The van der Waals surface area contributed by atoms with Crippen LogP contribution < -0.4 is 5.32 Å². The van der Waals surface area contributed by atoms with Crippen molar-refractivity contribution in [2.75, 3.05) is 13.2 Å². The van der Waals surface area contributed by atoms with Crippen molar-refractivity contribution in [2.45, 2.75) is 39.5 Å². The molecule has 0 saturated heterocycles. The number of amides is 1. The van der Waals surface area contributed by atoms with Crippen molar-refractivity contribution in [3.05, 3.63) is 11.6 Å². The molecule has 0 spiro atoms. The number of aliphatic hydroxyl groups excluding tert-OH is 1. The van der Waals surface area contributed by atoms with E-state index in [0.717, 1.165) is 12.8 Å². The fourth-order valence-corrected chi connectivity index (χ4v) is 1.46. The van der Waals surface area contributed by atoms with E-state index in [4.69, 9.17) is 5.11 Å². The van der Waals surface area contributed by atoms with E-state index in [1.807, 2.05) is 20.8 Å². The number of nitrogens with one attached hydrogen (secondary N) is 2. The topological polar surface area (TPSA) is 90.9 Å². The zero-order valence-electron chi connectivity index (χ0n) is 11.2. The molecule has 102 valence electrons. The number of aromatic nitrogens is 3. The van der Waals surface area contributed by atoms with Crippen LogP contribution in [0.4, 0.5) is 0 Å². The first-order valence-electron chi connectivity index (χ1n) is 6.36. The summed E-state index contributed by atoms with van der Waals surface area (Å²) in [6.07, 6.45) is 1.73. The Hall–Kier alpha value is -1.43. The highest BCUT2D eigenvalue weighted by Gasteiger charge is 2.13. The van der Waals surface area contributed by atoms with Crippen LogP contribution in [0, 0.1) is 5.92 Å². The van der Waals surface area contributed by atoms with Crippen molar-refractivity contribution in [3.8, 4) is 0 Å². The zero-order chi connectivity index (χ0) is 13.5. The molecule has 0 aliphatic carbocycles. The summed E-state index contributed by atoms with van der Waals surface area (Å²) >= 11 is 0. The number of aromatic amines is 1. The summed E-state index contributed by atoms with van der Waals surface area (Å²) in [6, 6.07) is 0. The third-order valence-electron chi connectivity index (χ3n) is 2.72. The van der Waals surface area contributed by atoms with Crippen LogP contribution in [0.5, 0.6) is 0 Å². The van der Waals surface area contributed by atoms with Gasteiger partial charge in [-0.1, -0.05) is 20.8 Å². The van der Waals surface area contributed by atoms with Crippen LogP contribution in [-0.2, 0) is 0 Å². The van der Waals surface area contributed by atoms with E-state index >= 15 is 0 Å². The number of hydrogen-bond donors (Lipinski definition) is 3. The molecule has 0 aromatic carbocycles. The highest BCUT2D eigenvalue weighted by atomic mass is 16.3. The average Bonchev–Trinajstić information content (AvgIpc) is 2.83. The lowest BCUT2D eigenvalue weighted by Crippen LogP contribution is -2.26. The van der Waals surface area contributed by atoms with Gasteiger partial charge in [0.15, 0.2) is 0 Å². The number of carbonyl (C=O) groups excluding carboxylic acids is 1. The van der Waals surface area contributed by atoms with Crippen molar-refractivity contribution < 1.29 is 9.90 Å². The van der Waals surface area contributed by atoms with Gasteiger partial charge in [0.25, 0.3) is 5.91 Å². The van der Waals surface area contributed by atoms with Crippen LogP contribution in [0.3, 0.4) is 0 Å². The SMILES string of the molecule is CC(CO)CCCNC(=O)c1n[nH]c(C(C)C)n1. The summed E-state index contributed by atoms with van der Waals surface area (Å²) in [7, 11) is 0. The normalized spacial score (nSPS) is 12.7. The van der Waals surface area contributed by atoms with E-state index in [1.54, 1.807) is 0 Å². The first-order chi connectivity index (χ1) is 8.54. The third kappa shape index (κ3) is 4.44. The highest BCUT2D eigenvalue weighted by molar-refractivity contribution is 5.90. The standard InChI is InChI=1S/C12H22N4O2/c1-8(2)10-14-11(16-15-10)12(18)13-6-4-5-9(3)7-17/h8-9,17H,4-7H2,1-3H3,(H,13,18)(H,14,15,16). The molecule has 1 heterocycles. The number of rotatable bonds is 7. The molecule has 6 nitrogen and oxygen atoms in total. The molecule has 1 aromatic heterocycles. The van der Waals surface area contributed by atoms with Gasteiger partial charge in [-0.2, -0.15) is 0 Å². The maximum absolute atomic E-state index is 11.7. The Kier molecular flexibility index (Phi) is 5.77. The molecule has 0 aliphatic rings. The van der Waals surface area contributed by atoms with E-state index in [-0.39, 0.29) is 30.2 Å². The van der Waals surface area contributed by atoms with Crippen LogP contribution in [0.15, 0.2) is 0 Å². The first-order valence-corrected chi connectivity index (χ1v) is 6.36. The summed E-state index contributed by atoms with van der Waals surface area (Å²) in [5, 5.41) is 18.3. The Morgan fingerprint density at radius 2 is 2.17 bits per heavy atom. The fourth-order valence-electron chi connectivity index (χ4n) is 1.46. The lowest BCUT2D eigenvalue weighted by molar-refractivity contribution is 0.0942. The summed E-state index contributed by atoms with van der Waals surface area (Å²) in [6.45, 7) is 6.71. The van der Waals surface area contributed by atoms with E-state index in [2.05, 4.69) is 20.5 Å². The molecule has 1 unspecified atom stereocenters. The first kappa shape index (κ1) is 14.6. The second kappa shape index (κ2) is 7.10. The summed E-state index contributed by atoms with van der Waals surface area (Å²) in [4.78, 5) is 15.8. The van der Waals surface area contributed by atoms with E-state index in [0.29, 0.717) is 12.4 Å². The van der Waals surface area contributed by atoms with Gasteiger partial charge in [-0.15, -0.1) is 5.10 Å². The van der Waals surface area contributed by atoms with Gasteiger partial charge in [0.1, 0.15) is 5.82 Å². The average molecular weight is 254 g/mol. The Balaban J connectivity index is 2.32. The van der Waals surface area contributed by atoms with Crippen LogP contribution in [-0.4, -0.2) is 39.3 Å². The molecule has 1 aromatic rings. The Morgan fingerprint density at radius 3 is 2.72 bits per heavy atom. The van der Waals surface area contributed by atoms with E-state index < -0.39 is 0 Å². The predicted octanol–water partition coefficient (Wildman–Crippen LogP) is 1.07. The second-order valence-electron chi connectivity index (χ2n) is 4.88. The number of aliphatic hydroxyl groups is 1.